The average Bonchev–Trinajstić information content (AvgIpc) is 3.28. The lowest BCUT2D eigenvalue weighted by Crippen LogP contribution is -2.16. The number of hydrogen-bond acceptors (Lipinski definition) is 1. The van der Waals surface area contributed by atoms with Crippen molar-refractivity contribution in [1.82, 2.24) is 5.32 Å². The molecule has 104 valence electrons. The number of benzene rings is 2. The first-order valence-electron chi connectivity index (χ1n) is 6.62. The van der Waals surface area contributed by atoms with E-state index in [1.54, 1.807) is 12.1 Å². The number of hydrogen-bond donors (Lipinski definition) is 1. The van der Waals surface area contributed by atoms with E-state index in [4.69, 9.17) is 0 Å². The van der Waals surface area contributed by atoms with Gasteiger partial charge in [0.05, 0.1) is 0 Å². The molecule has 0 spiro atoms. The molecule has 1 nitrogen and oxygen atoms in total. The molecule has 0 amide bonds. The maximum Gasteiger partial charge on any atom is 0.195 e. The maximum atomic E-state index is 13.9. The van der Waals surface area contributed by atoms with Crippen molar-refractivity contribution >= 4 is 0 Å². The van der Waals surface area contributed by atoms with E-state index in [1.807, 2.05) is 12.1 Å². The zero-order valence-electron chi connectivity index (χ0n) is 10.8. The van der Waals surface area contributed by atoms with Crippen LogP contribution in [0, 0.1) is 17.5 Å². The number of halogens is 3. The van der Waals surface area contributed by atoms with E-state index >= 15 is 0 Å². The van der Waals surface area contributed by atoms with Gasteiger partial charge in [-0.2, -0.15) is 0 Å². The van der Waals surface area contributed by atoms with Crippen LogP contribution >= 0.6 is 0 Å². The molecule has 1 N–H and O–H groups in total. The Morgan fingerprint density at radius 1 is 0.900 bits per heavy atom. The van der Waals surface area contributed by atoms with E-state index in [0.29, 0.717) is 18.2 Å². The molecule has 3 rings (SSSR count). The summed E-state index contributed by atoms with van der Waals surface area (Å²) >= 11 is 0. The Bertz CT molecular complexity index is 636. The highest BCUT2D eigenvalue weighted by atomic mass is 19.2. The van der Waals surface area contributed by atoms with E-state index < -0.39 is 17.5 Å². The van der Waals surface area contributed by atoms with Gasteiger partial charge in [-0.15, -0.1) is 0 Å². The van der Waals surface area contributed by atoms with Gasteiger partial charge in [0.25, 0.3) is 0 Å². The minimum Gasteiger partial charge on any atom is -0.310 e. The van der Waals surface area contributed by atoms with Crippen LogP contribution in [0.15, 0.2) is 36.4 Å². The van der Waals surface area contributed by atoms with Crippen LogP contribution in [0.1, 0.15) is 18.4 Å². The van der Waals surface area contributed by atoms with Gasteiger partial charge in [0.15, 0.2) is 17.5 Å². The molecular formula is C16H14F3N. The Labute approximate surface area is 115 Å². The predicted octanol–water partition coefficient (Wildman–Crippen LogP) is 4.02. The summed E-state index contributed by atoms with van der Waals surface area (Å²) in [7, 11) is 0. The van der Waals surface area contributed by atoms with Gasteiger partial charge in [0, 0.05) is 18.2 Å². The minimum atomic E-state index is -1.42. The molecule has 0 radical (unpaired) electrons. The summed E-state index contributed by atoms with van der Waals surface area (Å²) in [4.78, 5) is 0. The lowest BCUT2D eigenvalue weighted by molar-refractivity contribution is 0.449. The molecule has 2 aromatic rings. The third kappa shape index (κ3) is 2.56. The SMILES string of the molecule is Fc1ccc(-c2ccccc2CNC2CC2)c(F)c1F. The van der Waals surface area contributed by atoms with Crippen molar-refractivity contribution < 1.29 is 13.2 Å². The van der Waals surface area contributed by atoms with Crippen molar-refractivity contribution in [2.24, 2.45) is 0 Å². The van der Waals surface area contributed by atoms with Gasteiger partial charge in [-0.1, -0.05) is 24.3 Å². The highest BCUT2D eigenvalue weighted by molar-refractivity contribution is 5.68. The van der Waals surface area contributed by atoms with Crippen LogP contribution in [0.5, 0.6) is 0 Å². The summed E-state index contributed by atoms with van der Waals surface area (Å²) < 4.78 is 40.3. The van der Waals surface area contributed by atoms with Crippen LogP contribution in [0.3, 0.4) is 0 Å². The second-order valence-electron chi connectivity index (χ2n) is 5.04. The van der Waals surface area contributed by atoms with E-state index in [-0.39, 0.29) is 5.56 Å². The number of rotatable bonds is 4. The third-order valence-corrected chi connectivity index (χ3v) is 3.50. The smallest absolute Gasteiger partial charge is 0.195 e. The first kappa shape index (κ1) is 13.2. The summed E-state index contributed by atoms with van der Waals surface area (Å²) in [5.74, 6) is -3.73. The standard InChI is InChI=1S/C16H14F3N/c17-14-8-7-13(15(18)16(14)19)12-4-2-1-3-10(12)9-20-11-5-6-11/h1-4,7-8,11,20H,5-6,9H2. The summed E-state index contributed by atoms with van der Waals surface area (Å²) in [5.41, 5.74) is 1.57. The molecule has 1 aliphatic carbocycles. The van der Waals surface area contributed by atoms with Crippen molar-refractivity contribution in [2.75, 3.05) is 0 Å². The van der Waals surface area contributed by atoms with Gasteiger partial charge in [-0.05, 0) is 36.1 Å². The fraction of sp³-hybridized carbons (Fsp3) is 0.250. The van der Waals surface area contributed by atoms with Gasteiger partial charge in [0.2, 0.25) is 0 Å². The number of nitrogens with one attached hydrogen (secondary N) is 1. The van der Waals surface area contributed by atoms with Gasteiger partial charge < -0.3 is 5.32 Å². The molecule has 0 aliphatic heterocycles. The zero-order chi connectivity index (χ0) is 14.1. The second-order valence-corrected chi connectivity index (χ2v) is 5.04. The average molecular weight is 277 g/mol. The van der Waals surface area contributed by atoms with Crippen molar-refractivity contribution in [2.45, 2.75) is 25.4 Å². The van der Waals surface area contributed by atoms with E-state index in [0.717, 1.165) is 24.5 Å². The van der Waals surface area contributed by atoms with Gasteiger partial charge in [0.1, 0.15) is 0 Å². The molecule has 0 saturated heterocycles. The molecule has 20 heavy (non-hydrogen) atoms. The highest BCUT2D eigenvalue weighted by Crippen LogP contribution is 2.29. The molecular weight excluding hydrogens is 263 g/mol. The summed E-state index contributed by atoms with van der Waals surface area (Å²) in [6, 6.07) is 9.97. The Hall–Kier alpha value is -1.81. The molecule has 0 bridgehead atoms. The van der Waals surface area contributed by atoms with E-state index in [1.165, 1.54) is 6.07 Å². The topological polar surface area (TPSA) is 12.0 Å². The molecule has 1 fully saturated rings. The van der Waals surface area contributed by atoms with E-state index in [9.17, 15) is 13.2 Å². The first-order chi connectivity index (χ1) is 9.66. The Morgan fingerprint density at radius 2 is 1.65 bits per heavy atom. The minimum absolute atomic E-state index is 0.0945. The molecule has 0 atom stereocenters. The Kier molecular flexibility index (Phi) is 3.49. The quantitative estimate of drug-likeness (QED) is 0.832. The molecule has 4 heteroatoms. The lowest BCUT2D eigenvalue weighted by Gasteiger charge is -2.12. The van der Waals surface area contributed by atoms with E-state index in [2.05, 4.69) is 5.32 Å². The third-order valence-electron chi connectivity index (χ3n) is 3.50. The van der Waals surface area contributed by atoms with Crippen molar-refractivity contribution in [3.63, 3.8) is 0 Å². The van der Waals surface area contributed by atoms with Crippen LogP contribution in [0.25, 0.3) is 11.1 Å². The van der Waals surface area contributed by atoms with Crippen LogP contribution in [0.2, 0.25) is 0 Å². The van der Waals surface area contributed by atoms with Crippen molar-refractivity contribution in [3.8, 4) is 11.1 Å². The summed E-state index contributed by atoms with van der Waals surface area (Å²) in [6.45, 7) is 0.597. The normalized spacial score (nSPS) is 14.6. The lowest BCUT2D eigenvalue weighted by atomic mass is 9.99. The van der Waals surface area contributed by atoms with Gasteiger partial charge in [-0.3, -0.25) is 0 Å². The van der Waals surface area contributed by atoms with Crippen LogP contribution in [-0.2, 0) is 6.54 Å². The molecule has 0 aromatic heterocycles. The second kappa shape index (κ2) is 5.29. The highest BCUT2D eigenvalue weighted by Gasteiger charge is 2.21. The summed E-state index contributed by atoms with van der Waals surface area (Å²) in [6.07, 6.45) is 2.31. The Morgan fingerprint density at radius 3 is 2.40 bits per heavy atom. The van der Waals surface area contributed by atoms with Crippen molar-refractivity contribution in [1.29, 1.82) is 0 Å². The predicted molar refractivity (Wildman–Crippen MR) is 71.6 cm³/mol. The molecule has 0 heterocycles. The zero-order valence-corrected chi connectivity index (χ0v) is 10.8. The maximum absolute atomic E-state index is 13.9. The van der Waals surface area contributed by atoms with Crippen LogP contribution in [-0.4, -0.2) is 6.04 Å². The fourth-order valence-corrected chi connectivity index (χ4v) is 2.21. The Balaban J connectivity index is 1.98. The first-order valence-corrected chi connectivity index (χ1v) is 6.62. The van der Waals surface area contributed by atoms with Crippen LogP contribution < -0.4 is 5.32 Å². The van der Waals surface area contributed by atoms with Gasteiger partial charge in [-0.25, -0.2) is 13.2 Å². The largest absolute Gasteiger partial charge is 0.310 e. The molecule has 1 saturated carbocycles. The molecule has 0 unspecified atom stereocenters. The van der Waals surface area contributed by atoms with Gasteiger partial charge >= 0.3 is 0 Å². The van der Waals surface area contributed by atoms with Crippen LogP contribution in [0.4, 0.5) is 13.2 Å². The monoisotopic (exact) mass is 277 g/mol. The molecule has 2 aromatic carbocycles. The molecule has 1 aliphatic rings. The van der Waals surface area contributed by atoms with Crippen molar-refractivity contribution in [3.05, 3.63) is 59.4 Å². The fourth-order valence-electron chi connectivity index (χ4n) is 2.21. The summed E-state index contributed by atoms with van der Waals surface area (Å²) in [5, 5.41) is 3.34.